The number of aromatic amines is 2. The van der Waals surface area contributed by atoms with Gasteiger partial charge >= 0.3 is 11.9 Å². The summed E-state index contributed by atoms with van der Waals surface area (Å²) in [6, 6.07) is 6.72. The summed E-state index contributed by atoms with van der Waals surface area (Å²) in [5.41, 5.74) is 13.8. The smallest absolute Gasteiger partial charge is 0.320 e. The van der Waals surface area contributed by atoms with Crippen molar-refractivity contribution in [1.82, 2.24) is 9.97 Å². The number of nitrogens with one attached hydrogen (secondary N) is 2. The van der Waals surface area contributed by atoms with Crippen LogP contribution in [-0.4, -0.2) is 44.2 Å². The number of hydrogen-bond acceptors (Lipinski definition) is 4. The molecule has 32 heavy (non-hydrogen) atoms. The van der Waals surface area contributed by atoms with Crippen LogP contribution in [0.3, 0.4) is 0 Å². The number of carbonyl (C=O) groups is 2. The summed E-state index contributed by atoms with van der Waals surface area (Å²) in [5, 5.41) is 18.8. The van der Waals surface area contributed by atoms with E-state index in [-0.39, 0.29) is 24.5 Å². The number of carboxylic acids is 2. The molecule has 168 valence electrons. The number of halogens is 2. The first-order valence-corrected chi connectivity index (χ1v) is 9.63. The number of rotatable bonds is 6. The quantitative estimate of drug-likeness (QED) is 0.268. The van der Waals surface area contributed by atoms with E-state index in [0.29, 0.717) is 21.9 Å². The molecule has 2 aromatic carbocycles. The second-order valence-electron chi connectivity index (χ2n) is 7.31. The normalized spacial score (nSPS) is 12.9. The molecule has 0 aliphatic heterocycles. The molecule has 10 heteroatoms. The molecule has 8 N–H and O–H groups in total. The van der Waals surface area contributed by atoms with Gasteiger partial charge in [-0.3, -0.25) is 9.59 Å². The molecule has 0 unspecified atom stereocenters. The Morgan fingerprint density at radius 3 is 1.50 bits per heavy atom. The molecular formula is C22H22F2N4O4. The van der Waals surface area contributed by atoms with E-state index in [1.165, 1.54) is 24.3 Å². The number of H-pyrrole nitrogens is 2. The van der Waals surface area contributed by atoms with Gasteiger partial charge in [0.25, 0.3) is 0 Å². The molecule has 0 spiro atoms. The first-order chi connectivity index (χ1) is 15.2. The third kappa shape index (κ3) is 5.29. The van der Waals surface area contributed by atoms with Crippen molar-refractivity contribution in [3.63, 3.8) is 0 Å². The number of benzene rings is 2. The van der Waals surface area contributed by atoms with Gasteiger partial charge in [0.05, 0.1) is 0 Å². The SMILES string of the molecule is N[C@@H](Cc1c[nH]c2ccc(F)cc12)C(=O)O.N[C@@H](Cc1c[nH]c2ccc(F)cc12)C(=O)O. The summed E-state index contributed by atoms with van der Waals surface area (Å²) >= 11 is 0. The minimum atomic E-state index is -1.06. The van der Waals surface area contributed by atoms with E-state index < -0.39 is 24.0 Å². The fourth-order valence-electron chi connectivity index (χ4n) is 3.29. The molecule has 0 aliphatic carbocycles. The van der Waals surface area contributed by atoms with Gasteiger partial charge in [-0.2, -0.15) is 0 Å². The molecule has 8 nitrogen and oxygen atoms in total. The van der Waals surface area contributed by atoms with Gasteiger partial charge in [0, 0.05) is 47.0 Å². The van der Waals surface area contributed by atoms with Crippen molar-refractivity contribution in [2.45, 2.75) is 24.9 Å². The van der Waals surface area contributed by atoms with Crippen molar-refractivity contribution in [3.05, 3.63) is 71.6 Å². The van der Waals surface area contributed by atoms with Crippen molar-refractivity contribution >= 4 is 33.7 Å². The number of fused-ring (bicyclic) bond motifs is 2. The van der Waals surface area contributed by atoms with Crippen LogP contribution in [-0.2, 0) is 22.4 Å². The van der Waals surface area contributed by atoms with Crippen LogP contribution in [0.1, 0.15) is 11.1 Å². The van der Waals surface area contributed by atoms with E-state index >= 15 is 0 Å². The Morgan fingerprint density at radius 2 is 1.16 bits per heavy atom. The van der Waals surface area contributed by atoms with Gasteiger partial charge in [-0.05, 0) is 47.5 Å². The van der Waals surface area contributed by atoms with Crippen molar-refractivity contribution in [2.75, 3.05) is 0 Å². The molecule has 0 saturated carbocycles. The average Bonchev–Trinajstić information content (AvgIpc) is 3.32. The monoisotopic (exact) mass is 444 g/mol. The molecule has 0 fully saturated rings. The summed E-state index contributed by atoms with van der Waals surface area (Å²) in [4.78, 5) is 27.1. The molecule has 0 amide bonds. The highest BCUT2D eigenvalue weighted by atomic mass is 19.1. The number of nitrogens with two attached hydrogens (primary N) is 2. The standard InChI is InChI=1S/2C11H11FN2O2/c2*12-7-1-2-10-8(4-7)6(5-14-10)3-9(13)11(15)16/h2*1-2,4-5,9,14H,3,13H2,(H,15,16)/t2*9-/m00/s1. The van der Waals surface area contributed by atoms with Crippen molar-refractivity contribution in [3.8, 4) is 0 Å². The molecule has 0 radical (unpaired) electrons. The maximum Gasteiger partial charge on any atom is 0.320 e. The Bertz CT molecular complexity index is 1170. The molecule has 0 aliphatic rings. The van der Waals surface area contributed by atoms with Crippen LogP contribution in [0, 0.1) is 11.6 Å². The van der Waals surface area contributed by atoms with Crippen molar-refractivity contribution in [1.29, 1.82) is 0 Å². The Morgan fingerprint density at radius 1 is 0.781 bits per heavy atom. The van der Waals surface area contributed by atoms with Crippen LogP contribution >= 0.6 is 0 Å². The van der Waals surface area contributed by atoms with Gasteiger partial charge < -0.3 is 31.6 Å². The van der Waals surface area contributed by atoms with E-state index in [9.17, 15) is 18.4 Å². The lowest BCUT2D eigenvalue weighted by Gasteiger charge is -2.04. The predicted octanol–water partition coefficient (Wildman–Crippen LogP) is 2.52. The van der Waals surface area contributed by atoms with E-state index in [4.69, 9.17) is 21.7 Å². The van der Waals surface area contributed by atoms with Gasteiger partial charge in [-0.15, -0.1) is 0 Å². The van der Waals surface area contributed by atoms with Crippen LogP contribution in [0.2, 0.25) is 0 Å². The molecule has 2 aromatic heterocycles. The predicted molar refractivity (Wildman–Crippen MR) is 115 cm³/mol. The first kappa shape index (κ1) is 22.9. The van der Waals surface area contributed by atoms with Crippen LogP contribution in [0.25, 0.3) is 21.8 Å². The van der Waals surface area contributed by atoms with E-state index in [0.717, 1.165) is 11.0 Å². The lowest BCUT2D eigenvalue weighted by molar-refractivity contribution is -0.139. The molecule has 0 bridgehead atoms. The summed E-state index contributed by atoms with van der Waals surface area (Å²) in [6.45, 7) is 0. The third-order valence-corrected chi connectivity index (χ3v) is 4.97. The zero-order valence-electron chi connectivity index (χ0n) is 16.8. The lowest BCUT2D eigenvalue weighted by atomic mass is 10.1. The minimum absolute atomic E-state index is 0.179. The summed E-state index contributed by atoms with van der Waals surface area (Å²) in [6.07, 6.45) is 3.68. The molecule has 4 rings (SSSR count). The second kappa shape index (κ2) is 9.58. The number of hydrogen-bond donors (Lipinski definition) is 6. The van der Waals surface area contributed by atoms with Gasteiger partial charge in [0.2, 0.25) is 0 Å². The van der Waals surface area contributed by atoms with E-state index in [1.807, 2.05) is 0 Å². The van der Waals surface area contributed by atoms with Gasteiger partial charge in [-0.1, -0.05) is 0 Å². The maximum atomic E-state index is 13.0. The fourth-order valence-corrected chi connectivity index (χ4v) is 3.29. The highest BCUT2D eigenvalue weighted by Gasteiger charge is 2.16. The summed E-state index contributed by atoms with van der Waals surface area (Å²) < 4.78 is 26.1. The van der Waals surface area contributed by atoms with Gasteiger partial charge in [0.1, 0.15) is 23.7 Å². The summed E-state index contributed by atoms with van der Waals surface area (Å²) in [7, 11) is 0. The van der Waals surface area contributed by atoms with Crippen molar-refractivity contribution < 1.29 is 28.6 Å². The Kier molecular flexibility index (Phi) is 6.86. The molecule has 2 heterocycles. The van der Waals surface area contributed by atoms with Gasteiger partial charge in [0.15, 0.2) is 0 Å². The second-order valence-corrected chi connectivity index (χ2v) is 7.31. The fraction of sp³-hybridized carbons (Fsp3) is 0.182. The van der Waals surface area contributed by atoms with Crippen LogP contribution in [0.15, 0.2) is 48.8 Å². The molecule has 0 saturated heterocycles. The zero-order valence-corrected chi connectivity index (χ0v) is 16.8. The van der Waals surface area contributed by atoms with Crippen LogP contribution in [0.5, 0.6) is 0 Å². The van der Waals surface area contributed by atoms with E-state index in [2.05, 4.69) is 9.97 Å². The minimum Gasteiger partial charge on any atom is -0.480 e. The Labute approximate surface area is 180 Å². The summed E-state index contributed by atoms with van der Waals surface area (Å²) in [5.74, 6) is -2.83. The number of aliphatic carboxylic acids is 2. The molecule has 2 atom stereocenters. The number of carboxylic acid groups (broad SMARTS) is 2. The third-order valence-electron chi connectivity index (χ3n) is 4.97. The Hall–Kier alpha value is -3.76. The zero-order chi connectivity index (χ0) is 23.4. The van der Waals surface area contributed by atoms with Gasteiger partial charge in [-0.25, -0.2) is 8.78 Å². The maximum absolute atomic E-state index is 13.0. The molecular weight excluding hydrogens is 422 g/mol. The first-order valence-electron chi connectivity index (χ1n) is 9.63. The topological polar surface area (TPSA) is 158 Å². The van der Waals surface area contributed by atoms with E-state index in [1.54, 1.807) is 24.5 Å². The van der Waals surface area contributed by atoms with Crippen molar-refractivity contribution in [2.24, 2.45) is 11.5 Å². The largest absolute Gasteiger partial charge is 0.480 e. The Balaban J connectivity index is 0.000000181. The highest BCUT2D eigenvalue weighted by Crippen LogP contribution is 2.21. The highest BCUT2D eigenvalue weighted by molar-refractivity contribution is 5.85. The number of aromatic nitrogens is 2. The lowest BCUT2D eigenvalue weighted by Crippen LogP contribution is -2.32. The van der Waals surface area contributed by atoms with Crippen LogP contribution in [0.4, 0.5) is 8.78 Å². The molecule has 4 aromatic rings. The van der Waals surface area contributed by atoms with Crippen LogP contribution < -0.4 is 11.5 Å². The average molecular weight is 444 g/mol.